The van der Waals surface area contributed by atoms with E-state index in [-0.39, 0.29) is 0 Å². The molecule has 1 aliphatic rings. The molecule has 3 nitrogen and oxygen atoms in total. The third kappa shape index (κ3) is 2.30. The largest absolute Gasteiger partial charge is 0.488 e. The van der Waals surface area contributed by atoms with E-state index in [1.165, 1.54) is 0 Å². The number of rotatable bonds is 3. The predicted molar refractivity (Wildman–Crippen MR) is 91.3 cm³/mol. The summed E-state index contributed by atoms with van der Waals surface area (Å²) in [5.41, 5.74) is 3.01. The van der Waals surface area contributed by atoms with Crippen molar-refractivity contribution >= 4 is 11.5 Å². The Hall–Kier alpha value is -2.94. The lowest BCUT2D eigenvalue weighted by Gasteiger charge is -2.14. The zero-order valence-electron chi connectivity index (χ0n) is 12.9. The van der Waals surface area contributed by atoms with Crippen LogP contribution in [0.5, 0.6) is 5.75 Å². The standard InChI is InChI=1S/C20H17NO2/c1-2-22-20-17-12-8-14-21(17)16-11-6-7-13-18(16)23-19(20)15-9-4-3-5-10-15/h3-14H,2H2,1H3. The quantitative estimate of drug-likeness (QED) is 0.698. The number of nitrogens with zero attached hydrogens (tertiary/aromatic N) is 1. The molecule has 1 aliphatic heterocycles. The summed E-state index contributed by atoms with van der Waals surface area (Å²) in [6.07, 6.45) is 2.03. The fraction of sp³-hybridized carbons (Fsp3) is 0.100. The SMILES string of the molecule is CCOC1=C(c2ccccc2)Oc2ccccc2-n2cccc21. The van der Waals surface area contributed by atoms with Crippen LogP contribution >= 0.6 is 0 Å². The molecule has 0 saturated heterocycles. The topological polar surface area (TPSA) is 23.4 Å². The van der Waals surface area contributed by atoms with Gasteiger partial charge in [-0.2, -0.15) is 0 Å². The second-order valence-corrected chi connectivity index (χ2v) is 5.29. The van der Waals surface area contributed by atoms with Crippen molar-refractivity contribution in [1.82, 2.24) is 4.57 Å². The molecule has 1 aromatic heterocycles. The molecule has 0 bridgehead atoms. The summed E-state index contributed by atoms with van der Waals surface area (Å²) >= 11 is 0. The second-order valence-electron chi connectivity index (χ2n) is 5.29. The highest BCUT2D eigenvalue weighted by Crippen LogP contribution is 2.38. The molecule has 0 spiro atoms. The van der Waals surface area contributed by atoms with Crippen LogP contribution in [0.15, 0.2) is 72.9 Å². The molecule has 23 heavy (non-hydrogen) atoms. The van der Waals surface area contributed by atoms with Crippen molar-refractivity contribution in [3.63, 3.8) is 0 Å². The number of fused-ring (bicyclic) bond motifs is 3. The highest BCUT2D eigenvalue weighted by molar-refractivity contribution is 5.86. The molecule has 0 unspecified atom stereocenters. The Morgan fingerprint density at radius 3 is 2.52 bits per heavy atom. The van der Waals surface area contributed by atoms with E-state index >= 15 is 0 Å². The number of benzene rings is 2. The van der Waals surface area contributed by atoms with Gasteiger partial charge in [0.1, 0.15) is 0 Å². The number of ether oxygens (including phenoxy) is 2. The highest BCUT2D eigenvalue weighted by Gasteiger charge is 2.24. The van der Waals surface area contributed by atoms with E-state index in [9.17, 15) is 0 Å². The predicted octanol–water partition coefficient (Wildman–Crippen LogP) is 4.73. The van der Waals surface area contributed by atoms with Crippen molar-refractivity contribution in [3.05, 3.63) is 84.2 Å². The molecule has 0 aliphatic carbocycles. The van der Waals surface area contributed by atoms with E-state index in [0.29, 0.717) is 6.61 Å². The molecule has 0 radical (unpaired) electrons. The average Bonchev–Trinajstić information content (AvgIpc) is 3.04. The summed E-state index contributed by atoms with van der Waals surface area (Å²) in [7, 11) is 0. The van der Waals surface area contributed by atoms with E-state index in [1.54, 1.807) is 0 Å². The van der Waals surface area contributed by atoms with Gasteiger partial charge in [-0.1, -0.05) is 42.5 Å². The lowest BCUT2D eigenvalue weighted by molar-refractivity contribution is 0.292. The first-order valence-electron chi connectivity index (χ1n) is 7.76. The van der Waals surface area contributed by atoms with Crippen molar-refractivity contribution in [3.8, 4) is 11.4 Å². The smallest absolute Gasteiger partial charge is 0.186 e. The maximum atomic E-state index is 6.28. The number of hydrogen-bond acceptors (Lipinski definition) is 2. The van der Waals surface area contributed by atoms with Crippen LogP contribution in [-0.4, -0.2) is 11.2 Å². The zero-order valence-corrected chi connectivity index (χ0v) is 12.9. The minimum Gasteiger partial charge on any atom is -0.488 e. The fourth-order valence-corrected chi connectivity index (χ4v) is 2.85. The summed E-state index contributed by atoms with van der Waals surface area (Å²) in [5.74, 6) is 2.33. The summed E-state index contributed by atoms with van der Waals surface area (Å²) in [6, 6.07) is 22.2. The summed E-state index contributed by atoms with van der Waals surface area (Å²) in [6.45, 7) is 2.57. The van der Waals surface area contributed by atoms with E-state index in [1.807, 2.05) is 67.7 Å². The molecule has 0 saturated carbocycles. The van der Waals surface area contributed by atoms with Gasteiger partial charge in [0.25, 0.3) is 0 Å². The van der Waals surface area contributed by atoms with Crippen LogP contribution in [0.2, 0.25) is 0 Å². The molecule has 4 rings (SSSR count). The second kappa shape index (κ2) is 5.69. The highest BCUT2D eigenvalue weighted by atomic mass is 16.5. The van der Waals surface area contributed by atoms with Crippen molar-refractivity contribution in [2.24, 2.45) is 0 Å². The maximum absolute atomic E-state index is 6.28. The number of hydrogen-bond donors (Lipinski definition) is 0. The van der Waals surface area contributed by atoms with E-state index in [2.05, 4.69) is 16.7 Å². The van der Waals surface area contributed by atoms with Crippen molar-refractivity contribution in [2.45, 2.75) is 6.92 Å². The molecule has 0 atom stereocenters. The minimum absolute atomic E-state index is 0.580. The molecule has 3 heteroatoms. The van der Waals surface area contributed by atoms with Gasteiger partial charge in [-0.25, -0.2) is 0 Å². The Balaban J connectivity index is 2.00. The van der Waals surface area contributed by atoms with Crippen LogP contribution in [0, 0.1) is 0 Å². The van der Waals surface area contributed by atoms with Gasteiger partial charge >= 0.3 is 0 Å². The van der Waals surface area contributed by atoms with Gasteiger partial charge in [0, 0.05) is 11.8 Å². The van der Waals surface area contributed by atoms with Crippen LogP contribution in [0.25, 0.3) is 17.2 Å². The molecule has 2 aromatic carbocycles. The summed E-state index contributed by atoms with van der Waals surface area (Å²) in [4.78, 5) is 0. The van der Waals surface area contributed by atoms with Crippen molar-refractivity contribution < 1.29 is 9.47 Å². The first-order valence-corrected chi connectivity index (χ1v) is 7.76. The van der Waals surface area contributed by atoms with Gasteiger partial charge in [0.2, 0.25) is 0 Å². The molecule has 0 amide bonds. The van der Waals surface area contributed by atoms with Crippen molar-refractivity contribution in [2.75, 3.05) is 6.61 Å². The Labute approximate surface area is 135 Å². The van der Waals surface area contributed by atoms with Gasteiger partial charge in [-0.15, -0.1) is 0 Å². The Kier molecular flexibility index (Phi) is 3.39. The molecule has 0 N–H and O–H groups in total. The normalized spacial score (nSPS) is 12.9. The van der Waals surface area contributed by atoms with Crippen LogP contribution < -0.4 is 4.74 Å². The summed E-state index contributed by atoms with van der Waals surface area (Å²) < 4.78 is 14.4. The Bertz CT molecular complexity index is 862. The van der Waals surface area contributed by atoms with E-state index in [0.717, 1.165) is 34.2 Å². The first-order chi connectivity index (χ1) is 11.4. The lowest BCUT2D eigenvalue weighted by atomic mass is 10.1. The molecular formula is C20H17NO2. The molecular weight excluding hydrogens is 286 g/mol. The van der Waals surface area contributed by atoms with Gasteiger partial charge in [0.15, 0.2) is 17.3 Å². The number of aromatic nitrogens is 1. The van der Waals surface area contributed by atoms with E-state index < -0.39 is 0 Å². The Morgan fingerprint density at radius 2 is 1.70 bits per heavy atom. The maximum Gasteiger partial charge on any atom is 0.186 e. The average molecular weight is 303 g/mol. The first kappa shape index (κ1) is 13.7. The third-order valence-electron chi connectivity index (χ3n) is 3.85. The van der Waals surface area contributed by atoms with Crippen molar-refractivity contribution in [1.29, 1.82) is 0 Å². The molecule has 114 valence electrons. The van der Waals surface area contributed by atoms with E-state index in [4.69, 9.17) is 9.47 Å². The van der Waals surface area contributed by atoms with Crippen LogP contribution in [0.1, 0.15) is 18.2 Å². The minimum atomic E-state index is 0.580. The third-order valence-corrected chi connectivity index (χ3v) is 3.85. The summed E-state index contributed by atoms with van der Waals surface area (Å²) in [5, 5.41) is 0. The number of para-hydroxylation sites is 2. The zero-order chi connectivity index (χ0) is 15.6. The van der Waals surface area contributed by atoms with Gasteiger partial charge < -0.3 is 14.0 Å². The molecule has 2 heterocycles. The lowest BCUT2D eigenvalue weighted by Crippen LogP contribution is -2.02. The molecule has 0 fully saturated rings. The van der Waals surface area contributed by atoms with Gasteiger partial charge in [-0.3, -0.25) is 0 Å². The monoisotopic (exact) mass is 303 g/mol. The fourth-order valence-electron chi connectivity index (χ4n) is 2.85. The van der Waals surface area contributed by atoms with Crippen LogP contribution in [0.4, 0.5) is 0 Å². The van der Waals surface area contributed by atoms with Crippen LogP contribution in [-0.2, 0) is 4.74 Å². The Morgan fingerprint density at radius 1 is 0.913 bits per heavy atom. The van der Waals surface area contributed by atoms with Crippen LogP contribution in [0.3, 0.4) is 0 Å². The van der Waals surface area contributed by atoms with Gasteiger partial charge in [-0.05, 0) is 31.2 Å². The molecule has 3 aromatic rings. The van der Waals surface area contributed by atoms with Gasteiger partial charge in [0.05, 0.1) is 18.0 Å².